The summed E-state index contributed by atoms with van der Waals surface area (Å²) in [5.41, 5.74) is -0.209. The highest BCUT2D eigenvalue weighted by Gasteiger charge is 2.46. The molecule has 0 radical (unpaired) electrons. The van der Waals surface area contributed by atoms with Gasteiger partial charge in [0, 0.05) is 18.5 Å². The number of imide groups is 2. The molecule has 2 aliphatic rings. The van der Waals surface area contributed by atoms with E-state index >= 15 is 0 Å². The molecular weight excluding hydrogens is 552 g/mol. The number of ether oxygens (including phenoxy) is 3. The maximum Gasteiger partial charge on any atom is 0.407 e. The van der Waals surface area contributed by atoms with Crippen molar-refractivity contribution in [3.8, 4) is 0 Å². The number of nitrogens with one attached hydrogen (secondary N) is 2. The highest BCUT2D eigenvalue weighted by Crippen LogP contribution is 2.34. The van der Waals surface area contributed by atoms with Crippen LogP contribution in [0, 0.1) is 0 Å². The van der Waals surface area contributed by atoms with Gasteiger partial charge in [0.05, 0.1) is 50.3 Å². The standard InChI is InChI=1S/C27H34N6O9/c1-27(2,3)42-26(39)28-9-11-40-13-14-41-12-10-32-15-18(30-31-32)22(35)16-5-4-6-17-21(16)25(38)33(24(17)37)19-7-8-20(34)29-23(19)36/h4-6,15,19,22,35H,7-14H2,1-3H3,(H,28,39)(H,29,34,36). The van der Waals surface area contributed by atoms with Crippen molar-refractivity contribution >= 4 is 29.7 Å². The van der Waals surface area contributed by atoms with Crippen LogP contribution in [0.15, 0.2) is 24.4 Å². The fourth-order valence-electron chi connectivity index (χ4n) is 4.50. The van der Waals surface area contributed by atoms with E-state index in [1.54, 1.807) is 20.8 Å². The average Bonchev–Trinajstić information content (AvgIpc) is 3.49. The zero-order valence-electron chi connectivity index (χ0n) is 23.6. The summed E-state index contributed by atoms with van der Waals surface area (Å²) in [6.45, 7) is 7.19. The number of carbonyl (C=O) groups excluding carboxylic acids is 5. The molecule has 15 heteroatoms. The highest BCUT2D eigenvalue weighted by molar-refractivity contribution is 6.24. The molecule has 0 aliphatic carbocycles. The van der Waals surface area contributed by atoms with Crippen molar-refractivity contribution in [3.63, 3.8) is 0 Å². The lowest BCUT2D eigenvalue weighted by Crippen LogP contribution is -2.54. The maximum absolute atomic E-state index is 13.3. The molecule has 1 aromatic heterocycles. The first kappa shape index (κ1) is 30.7. The molecule has 226 valence electrons. The van der Waals surface area contributed by atoms with Crippen LogP contribution >= 0.6 is 0 Å². The molecule has 0 saturated carbocycles. The predicted molar refractivity (Wildman–Crippen MR) is 143 cm³/mol. The molecule has 4 rings (SSSR count). The molecule has 2 aliphatic heterocycles. The third-order valence-electron chi connectivity index (χ3n) is 6.38. The lowest BCUT2D eigenvalue weighted by atomic mass is 9.97. The fourth-order valence-corrected chi connectivity index (χ4v) is 4.50. The van der Waals surface area contributed by atoms with Crippen LogP contribution in [0.4, 0.5) is 4.79 Å². The van der Waals surface area contributed by atoms with Crippen LogP contribution < -0.4 is 10.6 Å². The molecule has 42 heavy (non-hydrogen) atoms. The normalized spacial score (nSPS) is 17.7. The molecule has 2 aromatic rings. The Morgan fingerprint density at radius 1 is 1.12 bits per heavy atom. The SMILES string of the molecule is CC(C)(C)OC(=O)NCCOCCOCCn1cc(C(O)c2cccc3c2C(=O)N(C2CCC(=O)NC2=O)C3=O)nn1. The minimum Gasteiger partial charge on any atom is -0.444 e. The topological polar surface area (TPSA) is 191 Å². The maximum atomic E-state index is 13.3. The molecule has 5 amide bonds. The van der Waals surface area contributed by atoms with Crippen LogP contribution in [-0.4, -0.2) is 99.3 Å². The molecule has 1 saturated heterocycles. The Morgan fingerprint density at radius 3 is 2.57 bits per heavy atom. The Balaban J connectivity index is 1.25. The Hall–Kier alpha value is -4.21. The highest BCUT2D eigenvalue weighted by atomic mass is 16.6. The summed E-state index contributed by atoms with van der Waals surface area (Å²) < 4.78 is 17.5. The molecule has 1 aromatic carbocycles. The number of aromatic nitrogens is 3. The van der Waals surface area contributed by atoms with Crippen molar-refractivity contribution in [2.24, 2.45) is 0 Å². The number of nitrogens with zero attached hydrogens (tertiary/aromatic N) is 4. The van der Waals surface area contributed by atoms with E-state index in [1.165, 1.54) is 29.1 Å². The number of hydrogen-bond donors (Lipinski definition) is 3. The van der Waals surface area contributed by atoms with E-state index in [2.05, 4.69) is 20.9 Å². The Kier molecular flexibility index (Phi) is 9.65. The number of amides is 5. The van der Waals surface area contributed by atoms with E-state index < -0.39 is 47.5 Å². The zero-order chi connectivity index (χ0) is 30.4. The Morgan fingerprint density at radius 2 is 1.86 bits per heavy atom. The minimum atomic E-state index is -1.37. The number of piperidine rings is 1. The van der Waals surface area contributed by atoms with Crippen molar-refractivity contribution in [3.05, 3.63) is 46.8 Å². The monoisotopic (exact) mass is 586 g/mol. The van der Waals surface area contributed by atoms with Crippen LogP contribution in [-0.2, 0) is 30.3 Å². The van der Waals surface area contributed by atoms with E-state index in [0.717, 1.165) is 4.90 Å². The third-order valence-corrected chi connectivity index (χ3v) is 6.38. The molecule has 2 unspecified atom stereocenters. The van der Waals surface area contributed by atoms with Gasteiger partial charge < -0.3 is 24.6 Å². The number of alkyl carbamates (subject to hydrolysis) is 1. The molecule has 2 atom stereocenters. The van der Waals surface area contributed by atoms with Gasteiger partial charge in [-0.1, -0.05) is 17.3 Å². The summed E-state index contributed by atoms with van der Waals surface area (Å²) in [6.07, 6.45) is -0.332. The Bertz CT molecular complexity index is 1350. The first-order chi connectivity index (χ1) is 20.0. The summed E-state index contributed by atoms with van der Waals surface area (Å²) in [7, 11) is 0. The van der Waals surface area contributed by atoms with Gasteiger partial charge in [0.1, 0.15) is 23.4 Å². The molecule has 3 N–H and O–H groups in total. The summed E-state index contributed by atoms with van der Waals surface area (Å²) in [5, 5.41) is 23.8. The number of hydrogen-bond acceptors (Lipinski definition) is 11. The van der Waals surface area contributed by atoms with Crippen LogP contribution in [0.25, 0.3) is 0 Å². The molecular formula is C27H34N6O9. The summed E-state index contributed by atoms with van der Waals surface area (Å²) in [5.74, 6) is -2.56. The number of benzene rings is 1. The van der Waals surface area contributed by atoms with Crippen molar-refractivity contribution in [1.82, 2.24) is 30.5 Å². The number of aliphatic hydroxyl groups is 1. The number of rotatable bonds is 12. The minimum absolute atomic E-state index is 0.00642. The number of fused-ring (bicyclic) bond motifs is 1. The summed E-state index contributed by atoms with van der Waals surface area (Å²) in [6, 6.07) is 3.38. The zero-order valence-corrected chi connectivity index (χ0v) is 23.6. The lowest BCUT2D eigenvalue weighted by molar-refractivity contribution is -0.136. The molecule has 15 nitrogen and oxygen atoms in total. The molecule has 1 fully saturated rings. The van der Waals surface area contributed by atoms with Gasteiger partial charge in [0.25, 0.3) is 11.8 Å². The van der Waals surface area contributed by atoms with Gasteiger partial charge in [-0.2, -0.15) is 0 Å². The predicted octanol–water partition coefficient (Wildman–Crippen LogP) is 0.319. The van der Waals surface area contributed by atoms with Crippen LogP contribution in [0.2, 0.25) is 0 Å². The van der Waals surface area contributed by atoms with Crippen molar-refractivity contribution < 1.29 is 43.3 Å². The van der Waals surface area contributed by atoms with E-state index in [1.807, 2.05) is 0 Å². The van der Waals surface area contributed by atoms with Crippen LogP contribution in [0.5, 0.6) is 0 Å². The second kappa shape index (κ2) is 13.2. The van der Waals surface area contributed by atoms with Gasteiger partial charge in [0.2, 0.25) is 11.8 Å². The fraction of sp³-hybridized carbons (Fsp3) is 0.519. The van der Waals surface area contributed by atoms with E-state index in [0.29, 0.717) is 32.9 Å². The lowest BCUT2D eigenvalue weighted by Gasteiger charge is -2.27. The molecule has 3 heterocycles. The Labute approximate surface area is 241 Å². The van der Waals surface area contributed by atoms with Crippen LogP contribution in [0.1, 0.15) is 71.7 Å². The largest absolute Gasteiger partial charge is 0.444 e. The quantitative estimate of drug-likeness (QED) is 0.229. The van der Waals surface area contributed by atoms with Gasteiger partial charge in [-0.15, -0.1) is 5.10 Å². The van der Waals surface area contributed by atoms with Crippen molar-refractivity contribution in [2.45, 2.75) is 57.9 Å². The second-order valence-electron chi connectivity index (χ2n) is 10.7. The first-order valence-electron chi connectivity index (χ1n) is 13.5. The summed E-state index contributed by atoms with van der Waals surface area (Å²) >= 11 is 0. The number of carbonyl (C=O) groups is 5. The van der Waals surface area contributed by atoms with E-state index in [4.69, 9.17) is 14.2 Å². The van der Waals surface area contributed by atoms with Gasteiger partial charge in [-0.05, 0) is 33.3 Å². The van der Waals surface area contributed by atoms with Crippen molar-refractivity contribution in [2.75, 3.05) is 33.0 Å². The second-order valence-corrected chi connectivity index (χ2v) is 10.7. The van der Waals surface area contributed by atoms with Gasteiger partial charge in [-0.25, -0.2) is 9.48 Å². The summed E-state index contributed by atoms with van der Waals surface area (Å²) in [4.78, 5) is 62.6. The van der Waals surface area contributed by atoms with Gasteiger partial charge >= 0.3 is 6.09 Å². The van der Waals surface area contributed by atoms with Crippen molar-refractivity contribution in [1.29, 1.82) is 0 Å². The average molecular weight is 587 g/mol. The van der Waals surface area contributed by atoms with E-state index in [-0.39, 0.29) is 41.8 Å². The molecule has 0 spiro atoms. The van der Waals surface area contributed by atoms with Gasteiger partial charge in [0.15, 0.2) is 0 Å². The number of aliphatic hydroxyl groups excluding tert-OH is 1. The third kappa shape index (κ3) is 7.35. The first-order valence-corrected chi connectivity index (χ1v) is 13.5. The smallest absolute Gasteiger partial charge is 0.407 e. The van der Waals surface area contributed by atoms with Gasteiger partial charge in [-0.3, -0.25) is 29.4 Å². The molecule has 0 bridgehead atoms. The van der Waals surface area contributed by atoms with E-state index in [9.17, 15) is 29.1 Å². The van der Waals surface area contributed by atoms with Crippen LogP contribution in [0.3, 0.4) is 0 Å².